The summed E-state index contributed by atoms with van der Waals surface area (Å²) in [5.41, 5.74) is 4.51. The minimum Gasteiger partial charge on any atom is -0.481 e. The van der Waals surface area contributed by atoms with Crippen LogP contribution in [0, 0.1) is 5.82 Å². The van der Waals surface area contributed by atoms with Crippen LogP contribution in [0.25, 0.3) is 22.5 Å². The van der Waals surface area contributed by atoms with E-state index in [1.807, 2.05) is 24.3 Å². The highest BCUT2D eigenvalue weighted by Gasteiger charge is 2.21. The van der Waals surface area contributed by atoms with Crippen molar-refractivity contribution in [2.45, 2.75) is 32.0 Å². The second-order valence-electron chi connectivity index (χ2n) is 10.6. The van der Waals surface area contributed by atoms with Crippen LogP contribution in [-0.4, -0.2) is 55.8 Å². The zero-order valence-electron chi connectivity index (χ0n) is 25.1. The first kappa shape index (κ1) is 32.6. The quantitative estimate of drug-likeness (QED) is 0.121. The van der Waals surface area contributed by atoms with Crippen molar-refractivity contribution in [2.75, 3.05) is 39.2 Å². The number of carbonyl (C=O) groups excluding carboxylic acids is 1. The van der Waals surface area contributed by atoms with Crippen LogP contribution in [0.4, 0.5) is 15.8 Å². The number of carbonyl (C=O) groups is 1. The average Bonchev–Trinajstić information content (AvgIpc) is 3.47. The Hall–Kier alpha value is -3.80. The first-order chi connectivity index (χ1) is 21.9. The molecule has 1 aliphatic rings. The molecule has 9 nitrogen and oxygen atoms in total. The van der Waals surface area contributed by atoms with Crippen LogP contribution < -0.4 is 26.0 Å². The number of aromatic nitrogens is 2. The first-order valence-corrected chi connectivity index (χ1v) is 15.4. The number of nitrogens with one attached hydrogen (secondary N) is 4. The van der Waals surface area contributed by atoms with Gasteiger partial charge in [0.25, 0.3) is 0 Å². The lowest BCUT2D eigenvalue weighted by atomic mass is 10.0. The van der Waals surface area contributed by atoms with Gasteiger partial charge in [-0.05, 0) is 30.7 Å². The summed E-state index contributed by atoms with van der Waals surface area (Å²) >= 11 is 13.8. The van der Waals surface area contributed by atoms with Crippen molar-refractivity contribution in [3.05, 3.63) is 87.8 Å². The fraction of sp³-hybridized carbons (Fsp3) is 0.303. The van der Waals surface area contributed by atoms with E-state index in [2.05, 4.69) is 26.3 Å². The molecule has 12 heteroatoms. The van der Waals surface area contributed by atoms with Crippen LogP contribution in [0.1, 0.15) is 24.0 Å². The Balaban J connectivity index is 1.35. The minimum atomic E-state index is -0.369. The third-order valence-corrected chi connectivity index (χ3v) is 8.28. The Morgan fingerprint density at radius 1 is 0.956 bits per heavy atom. The van der Waals surface area contributed by atoms with Gasteiger partial charge in [-0.1, -0.05) is 53.5 Å². The van der Waals surface area contributed by atoms with Gasteiger partial charge >= 0.3 is 0 Å². The van der Waals surface area contributed by atoms with E-state index in [9.17, 15) is 4.79 Å². The van der Waals surface area contributed by atoms with Crippen LogP contribution >= 0.6 is 23.2 Å². The Bertz CT molecular complexity index is 1660. The van der Waals surface area contributed by atoms with Crippen LogP contribution in [0.5, 0.6) is 5.88 Å². The zero-order chi connectivity index (χ0) is 31.8. The molecule has 0 aliphatic carbocycles. The standard InChI is InChI=1S/C33H35Cl2FN6O3/c1-44-16-15-37-17-20-5-3-8-27(31(20)36)41-26-7-4-6-24(29(26)34)32-30(35)23(13-14-39-32)25-11-9-21(33(42-25)45-2)18-38-19-22-10-12-28(43)40-22/h3-9,11,13-14,22,37-38,41H,10,12,15-19H2,1-2H3,(H,40,43)/t22-/m0/s1. The topological polar surface area (TPSA) is 109 Å². The molecule has 2 aromatic carbocycles. The normalized spacial score (nSPS) is 14.4. The van der Waals surface area contributed by atoms with E-state index in [0.29, 0.717) is 94.6 Å². The van der Waals surface area contributed by atoms with Gasteiger partial charge in [0.2, 0.25) is 11.8 Å². The summed E-state index contributed by atoms with van der Waals surface area (Å²) in [7, 11) is 3.19. The molecule has 2 aromatic heterocycles. The van der Waals surface area contributed by atoms with E-state index in [0.717, 1.165) is 12.0 Å². The molecule has 1 fully saturated rings. The first-order valence-electron chi connectivity index (χ1n) is 14.6. The van der Waals surface area contributed by atoms with Gasteiger partial charge in [0.15, 0.2) is 5.82 Å². The van der Waals surface area contributed by atoms with Crippen molar-refractivity contribution in [3.8, 4) is 28.4 Å². The number of anilines is 2. The van der Waals surface area contributed by atoms with Gasteiger partial charge in [-0.25, -0.2) is 9.37 Å². The predicted molar refractivity (Wildman–Crippen MR) is 176 cm³/mol. The van der Waals surface area contributed by atoms with Crippen molar-refractivity contribution in [1.82, 2.24) is 25.9 Å². The molecular formula is C33H35Cl2FN6O3. The lowest BCUT2D eigenvalue weighted by Crippen LogP contribution is -2.35. The number of benzene rings is 2. The number of nitrogens with zero attached hydrogens (tertiary/aromatic N) is 2. The Morgan fingerprint density at radius 2 is 1.76 bits per heavy atom. The lowest BCUT2D eigenvalue weighted by Gasteiger charge is -2.16. The second kappa shape index (κ2) is 15.5. The van der Waals surface area contributed by atoms with Crippen molar-refractivity contribution >= 4 is 40.5 Å². The molecule has 0 spiro atoms. The van der Waals surface area contributed by atoms with E-state index in [-0.39, 0.29) is 17.8 Å². The van der Waals surface area contributed by atoms with Crippen molar-refractivity contribution in [2.24, 2.45) is 0 Å². The molecule has 1 atom stereocenters. The van der Waals surface area contributed by atoms with E-state index in [1.54, 1.807) is 50.7 Å². The molecule has 0 unspecified atom stereocenters. The van der Waals surface area contributed by atoms with Crippen LogP contribution in [0.2, 0.25) is 10.0 Å². The number of hydrogen-bond acceptors (Lipinski definition) is 8. The molecule has 1 saturated heterocycles. The van der Waals surface area contributed by atoms with Gasteiger partial charge in [0, 0.05) is 74.2 Å². The molecule has 0 bridgehead atoms. The Labute approximate surface area is 271 Å². The minimum absolute atomic E-state index is 0.0877. The number of halogens is 3. The highest BCUT2D eigenvalue weighted by molar-refractivity contribution is 6.39. The largest absolute Gasteiger partial charge is 0.481 e. The average molecular weight is 654 g/mol. The van der Waals surface area contributed by atoms with E-state index in [1.165, 1.54) is 0 Å². The number of hydrogen-bond donors (Lipinski definition) is 4. The molecule has 3 heterocycles. The third kappa shape index (κ3) is 7.89. The molecular weight excluding hydrogens is 618 g/mol. The number of methoxy groups -OCH3 is 2. The summed E-state index contributed by atoms with van der Waals surface area (Å²) in [4.78, 5) is 20.7. The summed E-state index contributed by atoms with van der Waals surface area (Å²) in [6, 6.07) is 16.3. The van der Waals surface area contributed by atoms with E-state index >= 15 is 4.39 Å². The van der Waals surface area contributed by atoms with Crippen molar-refractivity contribution < 1.29 is 18.7 Å². The highest BCUT2D eigenvalue weighted by Crippen LogP contribution is 2.41. The maximum Gasteiger partial charge on any atom is 0.220 e. The fourth-order valence-electron chi connectivity index (χ4n) is 5.14. The predicted octanol–water partition coefficient (Wildman–Crippen LogP) is 6.11. The second-order valence-corrected chi connectivity index (χ2v) is 11.3. The van der Waals surface area contributed by atoms with Gasteiger partial charge in [0.1, 0.15) is 0 Å². The van der Waals surface area contributed by atoms with Crippen molar-refractivity contribution in [1.29, 1.82) is 0 Å². The molecule has 4 N–H and O–H groups in total. The summed E-state index contributed by atoms with van der Waals surface area (Å²) in [6.45, 7) is 2.70. The van der Waals surface area contributed by atoms with Gasteiger partial charge in [-0.2, -0.15) is 0 Å². The number of ether oxygens (including phenoxy) is 2. The SMILES string of the molecule is COCCNCc1cccc(Nc2cccc(-c3nccc(-c4ccc(CNC[C@@H]5CCC(=O)N5)c(OC)n4)c3Cl)c2Cl)c1F. The van der Waals surface area contributed by atoms with Crippen LogP contribution in [-0.2, 0) is 22.6 Å². The number of amides is 1. The number of rotatable bonds is 14. The molecule has 0 radical (unpaired) electrons. The summed E-state index contributed by atoms with van der Waals surface area (Å²) < 4.78 is 26.0. The molecule has 1 amide bonds. The smallest absolute Gasteiger partial charge is 0.220 e. The Kier molecular flexibility index (Phi) is 11.2. The van der Waals surface area contributed by atoms with E-state index < -0.39 is 0 Å². The molecule has 5 rings (SSSR count). The fourth-order valence-corrected chi connectivity index (χ4v) is 5.71. The van der Waals surface area contributed by atoms with Crippen molar-refractivity contribution in [3.63, 3.8) is 0 Å². The summed E-state index contributed by atoms with van der Waals surface area (Å²) in [6.07, 6.45) is 3.03. The van der Waals surface area contributed by atoms with Gasteiger partial charge in [0.05, 0.1) is 46.5 Å². The highest BCUT2D eigenvalue weighted by atomic mass is 35.5. The van der Waals surface area contributed by atoms with Crippen LogP contribution in [0.15, 0.2) is 60.8 Å². The summed E-state index contributed by atoms with van der Waals surface area (Å²) in [5, 5.41) is 13.3. The number of pyridine rings is 2. The monoisotopic (exact) mass is 652 g/mol. The summed E-state index contributed by atoms with van der Waals surface area (Å²) in [5.74, 6) is 0.183. The lowest BCUT2D eigenvalue weighted by molar-refractivity contribution is -0.119. The van der Waals surface area contributed by atoms with Gasteiger partial charge in [-0.3, -0.25) is 9.78 Å². The van der Waals surface area contributed by atoms with E-state index in [4.69, 9.17) is 37.7 Å². The zero-order valence-corrected chi connectivity index (χ0v) is 26.6. The Morgan fingerprint density at radius 3 is 2.53 bits per heavy atom. The van der Waals surface area contributed by atoms with Gasteiger partial charge < -0.3 is 30.7 Å². The maximum absolute atomic E-state index is 15.3. The maximum atomic E-state index is 15.3. The molecule has 45 heavy (non-hydrogen) atoms. The molecule has 1 aliphatic heterocycles. The van der Waals surface area contributed by atoms with Gasteiger partial charge in [-0.15, -0.1) is 0 Å². The van der Waals surface area contributed by atoms with Crippen LogP contribution in [0.3, 0.4) is 0 Å². The third-order valence-electron chi connectivity index (χ3n) is 7.49. The molecule has 4 aromatic rings. The molecule has 236 valence electrons. The molecule has 0 saturated carbocycles.